The van der Waals surface area contributed by atoms with E-state index in [0.29, 0.717) is 29.7 Å². The molecule has 0 amide bonds. The van der Waals surface area contributed by atoms with Gasteiger partial charge < -0.3 is 14.7 Å². The largest absolute Gasteiger partial charge is 0.478 e. The van der Waals surface area contributed by atoms with Crippen molar-refractivity contribution in [1.82, 2.24) is 4.98 Å². The Hall–Kier alpha value is -2.14. The average Bonchev–Trinajstić information content (AvgIpc) is 2.47. The smallest absolute Gasteiger partial charge is 0.336 e. The van der Waals surface area contributed by atoms with Gasteiger partial charge in [-0.3, -0.25) is 4.98 Å². The number of hydrogen-bond acceptors (Lipinski definition) is 4. The molecule has 0 radical (unpaired) electrons. The first-order valence-electron chi connectivity index (χ1n) is 6.20. The molecule has 2 aromatic rings. The first kappa shape index (κ1) is 11.9. The molecule has 1 aromatic heterocycles. The number of ether oxygens (including phenoxy) is 1. The molecular formula is C14H14N2O3. The molecule has 0 atom stereocenters. The topological polar surface area (TPSA) is 62.7 Å². The Morgan fingerprint density at radius 3 is 2.79 bits per heavy atom. The molecule has 1 aromatic carbocycles. The Labute approximate surface area is 110 Å². The minimum Gasteiger partial charge on any atom is -0.478 e. The second-order valence-corrected chi connectivity index (χ2v) is 4.46. The number of hydrogen-bond donors (Lipinski definition) is 1. The van der Waals surface area contributed by atoms with Crippen LogP contribution in [0.3, 0.4) is 0 Å². The third-order valence-electron chi connectivity index (χ3n) is 3.33. The number of carbonyl (C=O) groups is 1. The Kier molecular flexibility index (Phi) is 3.05. The summed E-state index contributed by atoms with van der Waals surface area (Å²) in [6, 6.07) is 7.28. The first-order valence-corrected chi connectivity index (χ1v) is 6.20. The Morgan fingerprint density at radius 2 is 2.05 bits per heavy atom. The standard InChI is InChI=1S/C14H14N2O3/c17-14(18)11-3-4-15-13-2-1-10(9-12(11)13)16-5-7-19-8-6-16/h1-4,9H,5-8H2,(H,17,18). The minimum absolute atomic E-state index is 0.292. The van der Waals surface area contributed by atoms with Crippen LogP contribution < -0.4 is 4.90 Å². The summed E-state index contributed by atoms with van der Waals surface area (Å²) in [5, 5.41) is 9.90. The lowest BCUT2D eigenvalue weighted by molar-refractivity contribution is 0.0699. The zero-order valence-corrected chi connectivity index (χ0v) is 10.4. The van der Waals surface area contributed by atoms with Crippen LogP contribution in [-0.4, -0.2) is 42.4 Å². The van der Waals surface area contributed by atoms with Gasteiger partial charge in [0.25, 0.3) is 0 Å². The molecule has 0 spiro atoms. The van der Waals surface area contributed by atoms with E-state index >= 15 is 0 Å². The number of rotatable bonds is 2. The van der Waals surface area contributed by atoms with E-state index in [1.54, 1.807) is 0 Å². The summed E-state index contributed by atoms with van der Waals surface area (Å²) in [7, 11) is 0. The van der Waals surface area contributed by atoms with Crippen molar-refractivity contribution in [2.24, 2.45) is 0 Å². The van der Waals surface area contributed by atoms with Gasteiger partial charge in [0, 0.05) is 30.4 Å². The number of aromatic nitrogens is 1. The van der Waals surface area contributed by atoms with Crippen molar-refractivity contribution in [3.05, 3.63) is 36.0 Å². The maximum atomic E-state index is 11.2. The molecule has 1 N–H and O–H groups in total. The molecule has 0 saturated carbocycles. The number of nitrogens with zero attached hydrogens (tertiary/aromatic N) is 2. The average molecular weight is 258 g/mol. The van der Waals surface area contributed by atoms with E-state index in [1.165, 1.54) is 12.3 Å². The van der Waals surface area contributed by atoms with Crippen molar-refractivity contribution in [3.63, 3.8) is 0 Å². The summed E-state index contributed by atoms with van der Waals surface area (Å²) in [6.45, 7) is 3.07. The van der Waals surface area contributed by atoms with Gasteiger partial charge >= 0.3 is 5.97 Å². The zero-order valence-electron chi connectivity index (χ0n) is 10.4. The molecule has 5 nitrogen and oxygen atoms in total. The molecule has 98 valence electrons. The van der Waals surface area contributed by atoms with Gasteiger partial charge in [0.05, 0.1) is 24.3 Å². The van der Waals surface area contributed by atoms with Crippen molar-refractivity contribution in [2.75, 3.05) is 31.2 Å². The summed E-state index contributed by atoms with van der Waals surface area (Å²) in [5.41, 5.74) is 2.02. The van der Waals surface area contributed by atoms with Crippen LogP contribution in [0.2, 0.25) is 0 Å². The van der Waals surface area contributed by atoms with Gasteiger partial charge in [0.1, 0.15) is 0 Å². The van der Waals surface area contributed by atoms with Crippen LogP contribution >= 0.6 is 0 Å². The molecule has 0 aliphatic carbocycles. The maximum Gasteiger partial charge on any atom is 0.336 e. The molecule has 2 heterocycles. The van der Waals surface area contributed by atoms with Gasteiger partial charge in [-0.1, -0.05) is 0 Å². The van der Waals surface area contributed by atoms with Crippen molar-refractivity contribution >= 4 is 22.6 Å². The van der Waals surface area contributed by atoms with E-state index in [9.17, 15) is 9.90 Å². The third kappa shape index (κ3) is 2.24. The first-order chi connectivity index (χ1) is 9.25. The zero-order chi connectivity index (χ0) is 13.2. The third-order valence-corrected chi connectivity index (χ3v) is 3.33. The van der Waals surface area contributed by atoms with Crippen LogP contribution in [0.1, 0.15) is 10.4 Å². The van der Waals surface area contributed by atoms with Crippen molar-refractivity contribution in [1.29, 1.82) is 0 Å². The molecule has 0 unspecified atom stereocenters. The number of fused-ring (bicyclic) bond motifs is 1. The van der Waals surface area contributed by atoms with E-state index < -0.39 is 5.97 Å². The highest BCUT2D eigenvalue weighted by Gasteiger charge is 2.14. The van der Waals surface area contributed by atoms with E-state index in [1.807, 2.05) is 18.2 Å². The fourth-order valence-corrected chi connectivity index (χ4v) is 2.34. The fourth-order valence-electron chi connectivity index (χ4n) is 2.34. The summed E-state index contributed by atoms with van der Waals surface area (Å²) >= 11 is 0. The van der Waals surface area contributed by atoms with Crippen LogP contribution in [0.5, 0.6) is 0 Å². The molecular weight excluding hydrogens is 244 g/mol. The van der Waals surface area contributed by atoms with Crippen molar-refractivity contribution < 1.29 is 14.6 Å². The SMILES string of the molecule is O=C(O)c1ccnc2ccc(N3CCOCC3)cc12. The van der Waals surface area contributed by atoms with Gasteiger partial charge in [0.15, 0.2) is 0 Å². The molecule has 1 aliphatic rings. The van der Waals surface area contributed by atoms with Crippen molar-refractivity contribution in [3.8, 4) is 0 Å². The van der Waals surface area contributed by atoms with Gasteiger partial charge in [-0.2, -0.15) is 0 Å². The fraction of sp³-hybridized carbons (Fsp3) is 0.286. The summed E-state index contributed by atoms with van der Waals surface area (Å²) in [6.07, 6.45) is 1.53. The van der Waals surface area contributed by atoms with Gasteiger partial charge in [-0.15, -0.1) is 0 Å². The number of anilines is 1. The number of aromatic carboxylic acids is 1. The highest BCUT2D eigenvalue weighted by molar-refractivity contribution is 6.03. The Morgan fingerprint density at radius 1 is 1.26 bits per heavy atom. The van der Waals surface area contributed by atoms with Crippen LogP contribution in [0.4, 0.5) is 5.69 Å². The lowest BCUT2D eigenvalue weighted by Crippen LogP contribution is -2.36. The highest BCUT2D eigenvalue weighted by atomic mass is 16.5. The number of carboxylic acid groups (broad SMARTS) is 1. The predicted molar refractivity (Wildman–Crippen MR) is 71.7 cm³/mol. The van der Waals surface area contributed by atoms with E-state index in [-0.39, 0.29) is 0 Å². The highest BCUT2D eigenvalue weighted by Crippen LogP contribution is 2.24. The molecule has 19 heavy (non-hydrogen) atoms. The maximum absolute atomic E-state index is 11.2. The van der Waals surface area contributed by atoms with E-state index in [2.05, 4.69) is 9.88 Å². The number of benzene rings is 1. The van der Waals surface area contributed by atoms with Gasteiger partial charge in [-0.25, -0.2) is 4.79 Å². The Balaban J connectivity index is 2.08. The van der Waals surface area contributed by atoms with Crippen LogP contribution in [-0.2, 0) is 4.74 Å². The monoisotopic (exact) mass is 258 g/mol. The lowest BCUT2D eigenvalue weighted by Gasteiger charge is -2.29. The number of morpholine rings is 1. The molecule has 5 heteroatoms. The summed E-state index contributed by atoms with van der Waals surface area (Å²) < 4.78 is 5.32. The summed E-state index contributed by atoms with van der Waals surface area (Å²) in [4.78, 5) is 17.6. The molecule has 1 aliphatic heterocycles. The van der Waals surface area contributed by atoms with Crippen LogP contribution in [0.15, 0.2) is 30.5 Å². The quantitative estimate of drug-likeness (QED) is 0.889. The van der Waals surface area contributed by atoms with Crippen molar-refractivity contribution in [2.45, 2.75) is 0 Å². The Bertz CT molecular complexity index is 621. The number of pyridine rings is 1. The number of carboxylic acids is 1. The second kappa shape index (κ2) is 4.85. The molecule has 0 bridgehead atoms. The molecule has 3 rings (SSSR count). The van der Waals surface area contributed by atoms with Gasteiger partial charge in [-0.05, 0) is 24.3 Å². The van der Waals surface area contributed by atoms with Crippen LogP contribution in [0, 0.1) is 0 Å². The molecule has 1 saturated heterocycles. The van der Waals surface area contributed by atoms with Gasteiger partial charge in [0.2, 0.25) is 0 Å². The second-order valence-electron chi connectivity index (χ2n) is 4.46. The predicted octanol–water partition coefficient (Wildman–Crippen LogP) is 1.77. The van der Waals surface area contributed by atoms with E-state index in [4.69, 9.17) is 4.74 Å². The van der Waals surface area contributed by atoms with E-state index in [0.717, 1.165) is 18.8 Å². The van der Waals surface area contributed by atoms with Crippen LogP contribution in [0.25, 0.3) is 10.9 Å². The summed E-state index contributed by atoms with van der Waals surface area (Å²) in [5.74, 6) is -0.925. The molecule has 1 fully saturated rings. The minimum atomic E-state index is -0.925. The lowest BCUT2D eigenvalue weighted by atomic mass is 10.1. The normalized spacial score (nSPS) is 15.7.